The van der Waals surface area contributed by atoms with Gasteiger partial charge in [0.15, 0.2) is 0 Å². The van der Waals surface area contributed by atoms with Crippen molar-refractivity contribution in [3.8, 4) is 11.1 Å². The normalized spacial score (nSPS) is 12.2. The van der Waals surface area contributed by atoms with E-state index in [1.807, 2.05) is 0 Å². The minimum absolute atomic E-state index is 0.0929. The highest BCUT2D eigenvalue weighted by Gasteiger charge is 2.29. The van der Waals surface area contributed by atoms with Gasteiger partial charge >= 0.3 is 11.9 Å². The van der Waals surface area contributed by atoms with Crippen molar-refractivity contribution in [3.63, 3.8) is 0 Å². The number of aliphatic hydroxyl groups is 1. The molecule has 6 heteroatoms. The topological polar surface area (TPSA) is 82.1 Å². The summed E-state index contributed by atoms with van der Waals surface area (Å²) in [6.45, 7) is 11.3. The molecule has 1 N–H and O–H groups in total. The van der Waals surface area contributed by atoms with Gasteiger partial charge in [0.25, 0.3) is 0 Å². The van der Waals surface area contributed by atoms with Crippen LogP contribution in [0.3, 0.4) is 0 Å². The highest BCUT2D eigenvalue weighted by molar-refractivity contribution is 5.88. The maximum absolute atomic E-state index is 12.4. The minimum Gasteiger partial charge on any atom is -0.465 e. The number of hydrogen-bond acceptors (Lipinski definition) is 6. The Hall–Kier alpha value is -2.96. The number of aryl methyl sites for hydroxylation is 3. The van der Waals surface area contributed by atoms with Crippen LogP contribution < -0.4 is 0 Å². The Balaban J connectivity index is 2.10. The van der Waals surface area contributed by atoms with Crippen LogP contribution in [0.2, 0.25) is 0 Å². The lowest BCUT2D eigenvalue weighted by Gasteiger charge is -2.23. The molecule has 0 aliphatic carbocycles. The molecular formula is C34H48O6. The second-order valence-electron chi connectivity index (χ2n) is 11.2. The monoisotopic (exact) mass is 552 g/mol. The summed E-state index contributed by atoms with van der Waals surface area (Å²) in [7, 11) is 1.49. The molecule has 0 amide bonds. The van der Waals surface area contributed by atoms with Gasteiger partial charge in [-0.05, 0) is 73.8 Å². The van der Waals surface area contributed by atoms with Crippen LogP contribution in [0.25, 0.3) is 11.1 Å². The SMILES string of the molecule is C=C(COC)C(=O)OCC(CCc1ccc(-c2ccc(CCCCC)cc2)c(CC)c1)COC(=O)C(C)(C)CO. The largest absolute Gasteiger partial charge is 0.465 e. The van der Waals surface area contributed by atoms with Crippen LogP contribution in [0.1, 0.15) is 70.1 Å². The number of methoxy groups -OCH3 is 1. The fourth-order valence-electron chi connectivity index (χ4n) is 4.37. The van der Waals surface area contributed by atoms with Crippen molar-refractivity contribution in [2.75, 3.05) is 33.5 Å². The molecule has 0 radical (unpaired) electrons. The van der Waals surface area contributed by atoms with Crippen molar-refractivity contribution in [3.05, 3.63) is 71.3 Å². The maximum atomic E-state index is 12.4. The summed E-state index contributed by atoms with van der Waals surface area (Å²) < 4.78 is 15.9. The van der Waals surface area contributed by atoms with E-state index in [1.165, 1.54) is 54.2 Å². The zero-order valence-electron chi connectivity index (χ0n) is 25.1. The molecule has 2 aromatic carbocycles. The van der Waals surface area contributed by atoms with Crippen molar-refractivity contribution in [2.45, 2.75) is 72.6 Å². The Bertz CT molecular complexity index is 1090. The van der Waals surface area contributed by atoms with Crippen LogP contribution in [-0.4, -0.2) is 50.6 Å². The van der Waals surface area contributed by atoms with Crippen molar-refractivity contribution in [1.29, 1.82) is 0 Å². The molecule has 220 valence electrons. The van der Waals surface area contributed by atoms with Crippen LogP contribution in [0, 0.1) is 11.3 Å². The van der Waals surface area contributed by atoms with Crippen LogP contribution in [0.5, 0.6) is 0 Å². The summed E-state index contributed by atoms with van der Waals surface area (Å²) in [5.74, 6) is -1.21. The Labute approximate surface area is 240 Å². The third-order valence-corrected chi connectivity index (χ3v) is 7.18. The average Bonchev–Trinajstić information content (AvgIpc) is 2.96. The summed E-state index contributed by atoms with van der Waals surface area (Å²) in [5, 5.41) is 9.49. The van der Waals surface area contributed by atoms with Gasteiger partial charge in [-0.3, -0.25) is 4.79 Å². The molecule has 0 saturated heterocycles. The lowest BCUT2D eigenvalue weighted by molar-refractivity contribution is -0.158. The quantitative estimate of drug-likeness (QED) is 0.129. The lowest BCUT2D eigenvalue weighted by Crippen LogP contribution is -2.32. The van der Waals surface area contributed by atoms with Crippen LogP contribution in [0.4, 0.5) is 0 Å². The average molecular weight is 553 g/mol. The number of benzene rings is 2. The number of hydrogen-bond donors (Lipinski definition) is 1. The molecule has 0 heterocycles. The molecule has 0 bridgehead atoms. The van der Waals surface area contributed by atoms with Gasteiger partial charge in [0, 0.05) is 13.0 Å². The smallest absolute Gasteiger partial charge is 0.335 e. The number of aliphatic hydroxyl groups excluding tert-OH is 1. The predicted octanol–water partition coefficient (Wildman–Crippen LogP) is 6.51. The van der Waals surface area contributed by atoms with Crippen LogP contribution >= 0.6 is 0 Å². The molecule has 1 unspecified atom stereocenters. The van der Waals surface area contributed by atoms with E-state index in [-0.39, 0.29) is 37.9 Å². The highest BCUT2D eigenvalue weighted by Crippen LogP contribution is 2.27. The number of esters is 2. The fraction of sp³-hybridized carbons (Fsp3) is 0.529. The van der Waals surface area contributed by atoms with E-state index in [9.17, 15) is 14.7 Å². The molecule has 0 saturated carbocycles. The summed E-state index contributed by atoms with van der Waals surface area (Å²) >= 11 is 0. The number of carbonyl (C=O) groups is 2. The molecule has 40 heavy (non-hydrogen) atoms. The minimum atomic E-state index is -0.993. The molecule has 0 aliphatic rings. The first kappa shape index (κ1) is 33.2. The molecule has 0 aromatic heterocycles. The first-order chi connectivity index (χ1) is 19.1. The lowest BCUT2D eigenvalue weighted by atomic mass is 9.92. The second-order valence-corrected chi connectivity index (χ2v) is 11.2. The summed E-state index contributed by atoms with van der Waals surface area (Å²) in [4.78, 5) is 24.7. The van der Waals surface area contributed by atoms with E-state index >= 15 is 0 Å². The van der Waals surface area contributed by atoms with Gasteiger partial charge in [-0.2, -0.15) is 0 Å². The highest BCUT2D eigenvalue weighted by atomic mass is 16.5. The Kier molecular flexibility index (Phi) is 14.1. The third kappa shape index (κ3) is 10.5. The molecule has 2 aromatic rings. The Morgan fingerprint density at radius 2 is 1.62 bits per heavy atom. The Morgan fingerprint density at radius 3 is 2.25 bits per heavy atom. The van der Waals surface area contributed by atoms with Crippen molar-refractivity contribution in [2.24, 2.45) is 11.3 Å². The van der Waals surface area contributed by atoms with E-state index < -0.39 is 17.4 Å². The fourth-order valence-corrected chi connectivity index (χ4v) is 4.37. The molecule has 2 rings (SSSR count). The summed E-state index contributed by atoms with van der Waals surface area (Å²) in [6.07, 6.45) is 7.16. The first-order valence-electron chi connectivity index (χ1n) is 14.5. The number of unbranched alkanes of at least 4 members (excludes halogenated alkanes) is 2. The molecule has 6 nitrogen and oxygen atoms in total. The second kappa shape index (κ2) is 17.0. The Morgan fingerprint density at radius 1 is 0.950 bits per heavy atom. The maximum Gasteiger partial charge on any atom is 0.335 e. The zero-order chi connectivity index (χ0) is 29.5. The van der Waals surface area contributed by atoms with Gasteiger partial charge in [0.1, 0.15) is 0 Å². The molecule has 1 atom stereocenters. The number of rotatable bonds is 18. The zero-order valence-corrected chi connectivity index (χ0v) is 25.1. The van der Waals surface area contributed by atoms with Gasteiger partial charge in [0.05, 0.1) is 37.4 Å². The molecule has 0 aliphatic heterocycles. The van der Waals surface area contributed by atoms with Crippen LogP contribution in [-0.2, 0) is 43.1 Å². The van der Waals surface area contributed by atoms with Gasteiger partial charge < -0.3 is 19.3 Å². The standard InChI is InChI=1S/C34H48O6/c1-7-9-10-11-26-14-17-30(18-15-26)31-19-16-27(20-29(31)8-2)12-13-28(22-39-32(36)25(3)21-38-6)23-40-33(37)34(4,5)24-35/h14-20,28,35H,3,7-13,21-24H2,1-2,4-6H3. The summed E-state index contributed by atoms with van der Waals surface area (Å²) in [6, 6.07) is 15.5. The van der Waals surface area contributed by atoms with Gasteiger partial charge in [-0.15, -0.1) is 0 Å². The predicted molar refractivity (Wildman–Crippen MR) is 160 cm³/mol. The first-order valence-corrected chi connectivity index (χ1v) is 14.5. The van der Waals surface area contributed by atoms with E-state index in [0.29, 0.717) is 6.42 Å². The van der Waals surface area contributed by atoms with E-state index in [1.54, 1.807) is 13.8 Å². The van der Waals surface area contributed by atoms with E-state index in [0.717, 1.165) is 19.3 Å². The van der Waals surface area contributed by atoms with Crippen LogP contribution in [0.15, 0.2) is 54.6 Å². The summed E-state index contributed by atoms with van der Waals surface area (Å²) in [5.41, 5.74) is 5.55. The van der Waals surface area contributed by atoms with Crippen molar-refractivity contribution < 1.29 is 28.9 Å². The number of ether oxygens (including phenoxy) is 3. The van der Waals surface area contributed by atoms with E-state index in [4.69, 9.17) is 14.2 Å². The van der Waals surface area contributed by atoms with Gasteiger partial charge in [-0.25, -0.2) is 4.79 Å². The van der Waals surface area contributed by atoms with Crippen molar-refractivity contribution in [1.82, 2.24) is 0 Å². The number of carbonyl (C=O) groups excluding carboxylic acids is 2. The van der Waals surface area contributed by atoms with Gasteiger partial charge in [-0.1, -0.05) is 75.7 Å². The molecule has 0 fully saturated rings. The molecular weight excluding hydrogens is 504 g/mol. The molecule has 0 spiro atoms. The van der Waals surface area contributed by atoms with Crippen molar-refractivity contribution >= 4 is 11.9 Å². The van der Waals surface area contributed by atoms with E-state index in [2.05, 4.69) is 62.9 Å². The van der Waals surface area contributed by atoms with Gasteiger partial charge in [0.2, 0.25) is 0 Å². The third-order valence-electron chi connectivity index (χ3n) is 7.18.